The van der Waals surface area contributed by atoms with E-state index in [1.165, 1.54) is 0 Å². The van der Waals surface area contributed by atoms with Crippen LogP contribution in [0.2, 0.25) is 0 Å². The van der Waals surface area contributed by atoms with Crippen LogP contribution in [0.5, 0.6) is 0 Å². The molecule has 1 aliphatic carbocycles. The number of ether oxygens (including phenoxy) is 1. The Bertz CT molecular complexity index is 965. The molecule has 2 unspecified atom stereocenters. The number of carbonyl (C=O) groups excluding carboxylic acids is 1. The summed E-state index contributed by atoms with van der Waals surface area (Å²) in [5, 5.41) is 10.2. The molecule has 1 heterocycles. The Hall–Kier alpha value is -2.49. The summed E-state index contributed by atoms with van der Waals surface area (Å²) in [7, 11) is 0. The molecule has 1 aliphatic heterocycles. The minimum Gasteiger partial charge on any atom is -0.393 e. The minimum absolute atomic E-state index is 0.0918. The van der Waals surface area contributed by atoms with Crippen molar-refractivity contribution in [1.29, 1.82) is 0 Å². The van der Waals surface area contributed by atoms with Gasteiger partial charge < -0.3 is 9.84 Å². The molecule has 0 bridgehead atoms. The number of hydrogen-bond donors (Lipinski definition) is 1. The second kappa shape index (κ2) is 11.1. The van der Waals surface area contributed by atoms with Crippen molar-refractivity contribution in [3.8, 4) is 0 Å². The summed E-state index contributed by atoms with van der Waals surface area (Å²) in [5.74, 6) is 0. The molecule has 33 heavy (non-hydrogen) atoms. The fourth-order valence-corrected chi connectivity index (χ4v) is 4.65. The number of rotatable bonds is 9. The van der Waals surface area contributed by atoms with Crippen LogP contribution in [0.25, 0.3) is 0 Å². The first-order valence-electron chi connectivity index (χ1n) is 11.7. The van der Waals surface area contributed by atoms with Gasteiger partial charge in [0.15, 0.2) is 0 Å². The van der Waals surface area contributed by atoms with Gasteiger partial charge >= 0.3 is 0 Å². The maximum Gasteiger partial charge on any atom is 0.145 e. The van der Waals surface area contributed by atoms with E-state index in [0.717, 1.165) is 29.4 Å². The number of aliphatic hydroxyl groups excluding tert-OH is 1. The first kappa shape index (κ1) is 26.8. The van der Waals surface area contributed by atoms with Gasteiger partial charge in [-0.3, -0.25) is 4.79 Å². The highest BCUT2D eigenvalue weighted by atomic mass is 16.6. The second-order valence-corrected chi connectivity index (χ2v) is 10.2. The third-order valence-corrected chi connectivity index (χ3v) is 6.54. The molecule has 0 amide bonds. The molecule has 1 N–H and O–H groups in total. The number of carbonyl (C=O) groups is 1. The fraction of sp³-hybridized carbons (Fsp3) is 0.433. The summed E-state index contributed by atoms with van der Waals surface area (Å²) < 4.78 is 6.21. The Morgan fingerprint density at radius 2 is 1.24 bits per heavy atom. The normalized spacial score (nSPS) is 31.2. The number of fused-ring (bicyclic) bond motifs is 1. The maximum absolute atomic E-state index is 10.6. The Labute approximate surface area is 200 Å². The van der Waals surface area contributed by atoms with Gasteiger partial charge in [0, 0.05) is 11.8 Å². The average Bonchev–Trinajstić information content (AvgIpc) is 3.35. The lowest BCUT2D eigenvalue weighted by Crippen LogP contribution is -2.46. The zero-order chi connectivity index (χ0) is 24.7. The van der Waals surface area contributed by atoms with Crippen molar-refractivity contribution < 1.29 is 14.6 Å². The molecule has 2 rings (SSSR count). The van der Waals surface area contributed by atoms with Crippen molar-refractivity contribution in [2.24, 2.45) is 5.41 Å². The molecule has 2 fully saturated rings. The molecular formula is C30H40O3. The number of allylic oxidation sites excluding steroid dienone is 15. The molecule has 0 spiro atoms. The monoisotopic (exact) mass is 448 g/mol. The van der Waals surface area contributed by atoms with Crippen LogP contribution in [-0.2, 0) is 9.53 Å². The first-order valence-corrected chi connectivity index (χ1v) is 11.7. The molecular weight excluding hydrogens is 408 g/mol. The summed E-state index contributed by atoms with van der Waals surface area (Å²) in [5.41, 5.74) is 3.49. The van der Waals surface area contributed by atoms with Crippen LogP contribution in [0, 0.1) is 5.41 Å². The van der Waals surface area contributed by atoms with E-state index in [1.807, 2.05) is 37.3 Å². The smallest absolute Gasteiger partial charge is 0.145 e. The predicted octanol–water partition coefficient (Wildman–Crippen LogP) is 6.90. The van der Waals surface area contributed by atoms with E-state index >= 15 is 0 Å². The van der Waals surface area contributed by atoms with Gasteiger partial charge in [-0.15, -0.1) is 0 Å². The van der Waals surface area contributed by atoms with Crippen molar-refractivity contribution in [2.75, 3.05) is 0 Å². The summed E-state index contributed by atoms with van der Waals surface area (Å²) in [6, 6.07) is 0. The molecule has 1 saturated carbocycles. The summed E-state index contributed by atoms with van der Waals surface area (Å²) in [6.07, 6.45) is 26.4. The van der Waals surface area contributed by atoms with E-state index in [2.05, 4.69) is 71.1 Å². The summed E-state index contributed by atoms with van der Waals surface area (Å²) >= 11 is 0. The van der Waals surface area contributed by atoms with Gasteiger partial charge in [-0.05, 0) is 52.7 Å². The zero-order valence-corrected chi connectivity index (χ0v) is 21.3. The van der Waals surface area contributed by atoms with E-state index in [4.69, 9.17) is 4.74 Å². The highest BCUT2D eigenvalue weighted by Gasteiger charge is 2.74. The van der Waals surface area contributed by atoms with Gasteiger partial charge in [0.1, 0.15) is 17.5 Å². The van der Waals surface area contributed by atoms with Crippen LogP contribution in [-0.4, -0.2) is 28.7 Å². The Morgan fingerprint density at radius 3 is 1.76 bits per heavy atom. The number of epoxide rings is 1. The lowest BCUT2D eigenvalue weighted by Gasteiger charge is -2.39. The molecule has 0 aromatic rings. The number of aldehydes is 1. The molecule has 0 radical (unpaired) electrons. The van der Waals surface area contributed by atoms with Gasteiger partial charge in [-0.2, -0.15) is 0 Å². The summed E-state index contributed by atoms with van der Waals surface area (Å²) in [6.45, 7) is 14.4. The Balaban J connectivity index is 1.92. The minimum atomic E-state index is -0.289. The lowest BCUT2D eigenvalue weighted by molar-refractivity contribution is -0.104. The molecule has 3 nitrogen and oxygen atoms in total. The third kappa shape index (κ3) is 6.99. The molecule has 2 aliphatic rings. The highest BCUT2D eigenvalue weighted by molar-refractivity contribution is 5.72. The quantitative estimate of drug-likeness (QED) is 0.181. The Morgan fingerprint density at radius 1 is 0.758 bits per heavy atom. The van der Waals surface area contributed by atoms with E-state index in [1.54, 1.807) is 13.0 Å². The van der Waals surface area contributed by atoms with Crippen molar-refractivity contribution >= 4 is 6.29 Å². The van der Waals surface area contributed by atoms with Crippen molar-refractivity contribution in [3.05, 3.63) is 95.2 Å². The van der Waals surface area contributed by atoms with Gasteiger partial charge in [-0.25, -0.2) is 0 Å². The molecule has 0 aromatic carbocycles. The van der Waals surface area contributed by atoms with E-state index in [0.29, 0.717) is 12.0 Å². The average molecular weight is 449 g/mol. The van der Waals surface area contributed by atoms with Crippen LogP contribution in [0.4, 0.5) is 0 Å². The van der Waals surface area contributed by atoms with Crippen LogP contribution in [0.3, 0.4) is 0 Å². The maximum atomic E-state index is 10.6. The van der Waals surface area contributed by atoms with Gasteiger partial charge in [-0.1, -0.05) is 97.4 Å². The van der Waals surface area contributed by atoms with Crippen molar-refractivity contribution in [1.82, 2.24) is 0 Å². The molecule has 1 saturated heterocycles. The van der Waals surface area contributed by atoms with Crippen molar-refractivity contribution in [3.63, 3.8) is 0 Å². The molecule has 3 atom stereocenters. The first-order chi connectivity index (χ1) is 15.4. The highest BCUT2D eigenvalue weighted by Crippen LogP contribution is 2.66. The molecule has 3 heteroatoms. The number of aliphatic hydroxyl groups is 1. The zero-order valence-electron chi connectivity index (χ0n) is 21.3. The van der Waals surface area contributed by atoms with Gasteiger partial charge in [0.2, 0.25) is 0 Å². The third-order valence-electron chi connectivity index (χ3n) is 6.54. The summed E-state index contributed by atoms with van der Waals surface area (Å²) in [4.78, 5) is 10.6. The number of hydrogen-bond acceptors (Lipinski definition) is 3. The van der Waals surface area contributed by atoms with Crippen LogP contribution in [0.1, 0.15) is 61.3 Å². The molecule has 178 valence electrons. The second-order valence-electron chi connectivity index (χ2n) is 10.2. The van der Waals surface area contributed by atoms with Crippen molar-refractivity contribution in [2.45, 2.75) is 78.6 Å². The largest absolute Gasteiger partial charge is 0.393 e. The fourth-order valence-electron chi connectivity index (χ4n) is 4.65. The van der Waals surface area contributed by atoms with Crippen LogP contribution in [0.15, 0.2) is 95.2 Å². The standard InChI is InChI=1S/C30H40O3/c1-23(12-8-9-13-24(2)15-11-17-26(4)22-31)14-10-16-25(3)18-19-30-28(5,6)20-27(32)21-29(30,7)33-30/h8-19,22,27,32H,20-21H2,1-7H3/b9-8+,14-10+,15-11+,19-18+,23-12+,24-13+,25-16+,26-17+/t27-,29?,30?/m0/s1. The van der Waals surface area contributed by atoms with Gasteiger partial charge in [0.25, 0.3) is 0 Å². The van der Waals surface area contributed by atoms with Gasteiger partial charge in [0.05, 0.1) is 6.10 Å². The lowest BCUT2D eigenvalue weighted by atomic mass is 9.63. The van der Waals surface area contributed by atoms with E-state index in [-0.39, 0.29) is 22.7 Å². The van der Waals surface area contributed by atoms with E-state index in [9.17, 15) is 9.90 Å². The van der Waals surface area contributed by atoms with E-state index < -0.39 is 0 Å². The SMILES string of the molecule is C\C(C=O)=C/C=C/C(C)=C/C=C/C=C(C)/C=C/C=C(C)/C=C/C12OC1(C)C[C@@H](O)CC2(C)C. The Kier molecular flexibility index (Phi) is 8.99. The predicted molar refractivity (Wildman–Crippen MR) is 139 cm³/mol. The molecule has 0 aromatic heterocycles. The topological polar surface area (TPSA) is 49.8 Å². The van der Waals surface area contributed by atoms with Crippen LogP contribution >= 0.6 is 0 Å². The van der Waals surface area contributed by atoms with Crippen LogP contribution < -0.4 is 0 Å².